The molecular weight excluding hydrogens is 465 g/mol. The molecular formula is C29H29F3N2O2. The van der Waals surface area contributed by atoms with Crippen molar-refractivity contribution in [3.05, 3.63) is 94.8 Å². The summed E-state index contributed by atoms with van der Waals surface area (Å²) in [6.45, 7) is 4.88. The second kappa shape index (κ2) is 10.3. The molecule has 1 aliphatic heterocycles. The predicted molar refractivity (Wildman–Crippen MR) is 134 cm³/mol. The van der Waals surface area contributed by atoms with Gasteiger partial charge in [-0.3, -0.25) is 9.88 Å². The van der Waals surface area contributed by atoms with Gasteiger partial charge in [0.1, 0.15) is 17.3 Å². The van der Waals surface area contributed by atoms with E-state index < -0.39 is 29.3 Å². The molecule has 2 aromatic carbocycles. The average molecular weight is 495 g/mol. The van der Waals surface area contributed by atoms with Crippen LogP contribution in [-0.2, 0) is 16.0 Å². The first-order chi connectivity index (χ1) is 17.1. The highest BCUT2D eigenvalue weighted by Crippen LogP contribution is 2.42. The molecule has 7 heteroatoms. The van der Waals surface area contributed by atoms with E-state index in [9.17, 15) is 9.18 Å². The Morgan fingerprint density at radius 3 is 2.50 bits per heavy atom. The number of aromatic nitrogens is 1. The predicted octanol–water partition coefficient (Wildman–Crippen LogP) is 6.30. The van der Waals surface area contributed by atoms with Gasteiger partial charge in [-0.25, -0.2) is 18.0 Å². The third kappa shape index (κ3) is 5.51. The molecule has 0 saturated carbocycles. The van der Waals surface area contributed by atoms with Crippen LogP contribution in [-0.4, -0.2) is 41.2 Å². The molecule has 1 aliphatic rings. The number of alkyl halides is 1. The zero-order valence-electron chi connectivity index (χ0n) is 20.8. The van der Waals surface area contributed by atoms with Gasteiger partial charge in [0.15, 0.2) is 0 Å². The smallest absolute Gasteiger partial charge is 0.330 e. The minimum Gasteiger partial charge on any atom is -0.466 e. The Morgan fingerprint density at radius 1 is 1.17 bits per heavy atom. The van der Waals surface area contributed by atoms with Gasteiger partial charge < -0.3 is 4.74 Å². The van der Waals surface area contributed by atoms with E-state index in [0.29, 0.717) is 6.42 Å². The first kappa shape index (κ1) is 25.6. The second-order valence-corrected chi connectivity index (χ2v) is 9.76. The quantitative estimate of drug-likeness (QED) is 0.298. The maximum Gasteiger partial charge on any atom is 0.330 e. The lowest BCUT2D eigenvalue weighted by Gasteiger charge is -2.44. The zero-order valence-corrected chi connectivity index (χ0v) is 20.8. The van der Waals surface area contributed by atoms with Crippen LogP contribution in [0.1, 0.15) is 49.1 Å². The molecule has 0 radical (unpaired) electrons. The van der Waals surface area contributed by atoms with Crippen molar-refractivity contribution in [3.63, 3.8) is 0 Å². The third-order valence-electron chi connectivity index (χ3n) is 6.39. The SMILES string of the molecule is COC(=O)/C=C/c1cc(F)c(C2c3ccc(-c4cccnc4)cc3CC(C)N2CC(C)(C)F)c(F)c1. The molecule has 2 atom stereocenters. The van der Waals surface area contributed by atoms with Crippen molar-refractivity contribution in [2.45, 2.75) is 44.9 Å². The van der Waals surface area contributed by atoms with Crippen molar-refractivity contribution in [1.29, 1.82) is 0 Å². The molecule has 0 amide bonds. The van der Waals surface area contributed by atoms with E-state index >= 15 is 8.78 Å². The van der Waals surface area contributed by atoms with Gasteiger partial charge in [0.25, 0.3) is 0 Å². The van der Waals surface area contributed by atoms with Crippen molar-refractivity contribution < 1.29 is 22.7 Å². The Labute approximate surface area is 209 Å². The van der Waals surface area contributed by atoms with E-state index in [-0.39, 0.29) is 23.7 Å². The summed E-state index contributed by atoms with van der Waals surface area (Å²) in [6, 6.07) is 11.0. The molecule has 0 N–H and O–H groups in total. The number of fused-ring (bicyclic) bond motifs is 1. The van der Waals surface area contributed by atoms with Gasteiger partial charge in [0.2, 0.25) is 0 Å². The number of hydrogen-bond donors (Lipinski definition) is 0. The Balaban J connectivity index is 1.84. The molecule has 4 nitrogen and oxygen atoms in total. The van der Waals surface area contributed by atoms with Crippen LogP contribution in [0.2, 0.25) is 0 Å². The van der Waals surface area contributed by atoms with Gasteiger partial charge in [-0.15, -0.1) is 0 Å². The van der Waals surface area contributed by atoms with E-state index in [1.807, 2.05) is 42.2 Å². The summed E-state index contributed by atoms with van der Waals surface area (Å²) >= 11 is 0. The average Bonchev–Trinajstić information content (AvgIpc) is 2.83. The first-order valence-electron chi connectivity index (χ1n) is 11.8. The van der Waals surface area contributed by atoms with Crippen LogP contribution >= 0.6 is 0 Å². The molecule has 0 spiro atoms. The third-order valence-corrected chi connectivity index (χ3v) is 6.39. The molecule has 0 bridgehead atoms. The molecule has 36 heavy (non-hydrogen) atoms. The number of nitrogens with zero attached hydrogens (tertiary/aromatic N) is 2. The molecule has 3 aromatic rings. The van der Waals surface area contributed by atoms with Gasteiger partial charge in [-0.05, 0) is 79.3 Å². The lowest BCUT2D eigenvalue weighted by atomic mass is 9.82. The van der Waals surface area contributed by atoms with Gasteiger partial charge in [-0.1, -0.05) is 24.3 Å². The largest absolute Gasteiger partial charge is 0.466 e. The highest BCUT2D eigenvalue weighted by Gasteiger charge is 2.39. The van der Waals surface area contributed by atoms with Crippen LogP contribution in [0.15, 0.2) is 60.9 Å². The number of ether oxygens (including phenoxy) is 1. The highest BCUT2D eigenvalue weighted by atomic mass is 19.1. The Hall–Kier alpha value is -3.45. The number of rotatable bonds is 6. The normalized spacial score (nSPS) is 18.3. The summed E-state index contributed by atoms with van der Waals surface area (Å²) in [4.78, 5) is 17.4. The monoisotopic (exact) mass is 494 g/mol. The molecule has 0 saturated heterocycles. The fraction of sp³-hybridized carbons (Fsp3) is 0.310. The summed E-state index contributed by atoms with van der Waals surface area (Å²) < 4.78 is 50.5. The van der Waals surface area contributed by atoms with E-state index in [1.165, 1.54) is 39.2 Å². The molecule has 0 aliphatic carbocycles. The van der Waals surface area contributed by atoms with Crippen LogP contribution in [0.25, 0.3) is 17.2 Å². The molecule has 2 unspecified atom stereocenters. The zero-order chi connectivity index (χ0) is 26.0. The van der Waals surface area contributed by atoms with Gasteiger partial charge in [0.05, 0.1) is 13.2 Å². The maximum absolute atomic E-state index is 15.6. The topological polar surface area (TPSA) is 42.4 Å². The van der Waals surface area contributed by atoms with Crippen LogP contribution < -0.4 is 0 Å². The Kier molecular flexibility index (Phi) is 7.31. The van der Waals surface area contributed by atoms with Crippen LogP contribution in [0, 0.1) is 11.6 Å². The van der Waals surface area contributed by atoms with Gasteiger partial charge >= 0.3 is 5.97 Å². The Bertz CT molecular complexity index is 1260. The minimum atomic E-state index is -1.57. The Morgan fingerprint density at radius 2 is 1.89 bits per heavy atom. The standard InChI is InChI=1S/C29H29F3N2O2/c1-18-12-22-15-20(21-6-5-11-33-16-21)8-9-23(22)28(34(18)17-29(2,3)32)27-24(30)13-19(14-25(27)31)7-10-26(35)36-4/h5-11,13-16,18,28H,12,17H2,1-4H3/b10-7+. The van der Waals surface area contributed by atoms with Gasteiger partial charge in [0, 0.05) is 36.6 Å². The molecule has 1 aromatic heterocycles. The number of halogens is 3. The summed E-state index contributed by atoms with van der Waals surface area (Å²) in [5, 5.41) is 0. The van der Waals surface area contributed by atoms with E-state index in [1.54, 1.807) is 12.4 Å². The number of pyridine rings is 1. The minimum absolute atomic E-state index is 0.00546. The van der Waals surface area contributed by atoms with E-state index in [4.69, 9.17) is 0 Å². The van der Waals surface area contributed by atoms with Crippen molar-refractivity contribution >= 4 is 12.0 Å². The number of carbonyl (C=O) groups is 1. The number of hydrogen-bond acceptors (Lipinski definition) is 4. The number of carbonyl (C=O) groups excluding carboxylic acids is 1. The van der Waals surface area contributed by atoms with Crippen LogP contribution in [0.5, 0.6) is 0 Å². The number of benzene rings is 2. The van der Waals surface area contributed by atoms with Crippen LogP contribution in [0.3, 0.4) is 0 Å². The summed E-state index contributed by atoms with van der Waals surface area (Å²) in [5.41, 5.74) is 2.06. The maximum atomic E-state index is 15.6. The van der Waals surface area contributed by atoms with E-state index in [2.05, 4.69) is 9.72 Å². The summed E-state index contributed by atoms with van der Waals surface area (Å²) in [7, 11) is 1.22. The van der Waals surface area contributed by atoms with Crippen LogP contribution in [0.4, 0.5) is 13.2 Å². The lowest BCUT2D eigenvalue weighted by Crippen LogP contribution is -2.48. The first-order valence-corrected chi connectivity index (χ1v) is 11.8. The second-order valence-electron chi connectivity index (χ2n) is 9.76. The fourth-order valence-electron chi connectivity index (χ4n) is 4.83. The van der Waals surface area contributed by atoms with Gasteiger partial charge in [-0.2, -0.15) is 0 Å². The summed E-state index contributed by atoms with van der Waals surface area (Å²) in [6.07, 6.45) is 6.47. The van der Waals surface area contributed by atoms with Crippen molar-refractivity contribution in [1.82, 2.24) is 9.88 Å². The molecule has 4 rings (SSSR count). The molecule has 0 fully saturated rings. The fourth-order valence-corrected chi connectivity index (χ4v) is 4.83. The lowest BCUT2D eigenvalue weighted by molar-refractivity contribution is -0.134. The van der Waals surface area contributed by atoms with Crippen molar-refractivity contribution in [2.24, 2.45) is 0 Å². The van der Waals surface area contributed by atoms with Crippen molar-refractivity contribution in [3.8, 4) is 11.1 Å². The number of esters is 1. The summed E-state index contributed by atoms with van der Waals surface area (Å²) in [5.74, 6) is -2.15. The molecule has 188 valence electrons. The molecule has 2 heterocycles. The van der Waals surface area contributed by atoms with Crippen molar-refractivity contribution in [2.75, 3.05) is 13.7 Å². The van der Waals surface area contributed by atoms with E-state index in [0.717, 1.165) is 28.3 Å². The highest BCUT2D eigenvalue weighted by molar-refractivity contribution is 5.86. The number of methoxy groups -OCH3 is 1.